The molecule has 0 aliphatic heterocycles. The highest BCUT2D eigenvalue weighted by atomic mass is 32.1. The predicted molar refractivity (Wildman–Crippen MR) is 130 cm³/mol. The molecule has 184 valence electrons. The first kappa shape index (κ1) is 27.1. The first-order valence-corrected chi connectivity index (χ1v) is 11.6. The van der Waals surface area contributed by atoms with Gasteiger partial charge in [-0.15, -0.1) is 11.3 Å². The third kappa shape index (κ3) is 6.94. The van der Waals surface area contributed by atoms with Crippen molar-refractivity contribution in [3.8, 4) is 11.3 Å². The van der Waals surface area contributed by atoms with Crippen LogP contribution in [-0.4, -0.2) is 41.1 Å². The number of alkyl halides is 2. The molecule has 10 heteroatoms. The van der Waals surface area contributed by atoms with Crippen LogP contribution >= 0.6 is 11.3 Å². The van der Waals surface area contributed by atoms with Crippen LogP contribution in [0.5, 0.6) is 0 Å². The standard InChI is InChI=1S/C22H24F2N4O3S.C2H6/c1-13-5-6-14(9-16(13)22(2,23)24)18-12-32-21(26-18)27-20(30)17(11-31-4)25-19(29)15-7-8-28(3)10-15;1-2/h5-10,12,17H,11H2,1-4H3,(H,25,29)(H,26,27,30);1-2H3. The number of aromatic nitrogens is 2. The summed E-state index contributed by atoms with van der Waals surface area (Å²) in [6.45, 7) is 6.45. The summed E-state index contributed by atoms with van der Waals surface area (Å²) >= 11 is 1.16. The number of nitrogens with zero attached hydrogens (tertiary/aromatic N) is 2. The highest BCUT2D eigenvalue weighted by Crippen LogP contribution is 2.34. The van der Waals surface area contributed by atoms with Gasteiger partial charge in [-0.3, -0.25) is 9.59 Å². The van der Waals surface area contributed by atoms with E-state index >= 15 is 0 Å². The van der Waals surface area contributed by atoms with Gasteiger partial charge in [0.05, 0.1) is 17.9 Å². The Kier molecular flexibility index (Phi) is 9.46. The number of halogens is 2. The summed E-state index contributed by atoms with van der Waals surface area (Å²) in [5, 5.41) is 7.25. The molecule has 2 heterocycles. The van der Waals surface area contributed by atoms with E-state index in [0.29, 0.717) is 22.4 Å². The van der Waals surface area contributed by atoms with Gasteiger partial charge in [0.1, 0.15) is 6.04 Å². The molecule has 1 atom stereocenters. The lowest BCUT2D eigenvalue weighted by Gasteiger charge is -2.16. The second-order valence-electron chi connectivity index (χ2n) is 7.49. The predicted octanol–water partition coefficient (Wildman–Crippen LogP) is 4.98. The van der Waals surface area contributed by atoms with Crippen LogP contribution in [0.3, 0.4) is 0 Å². The third-order valence-electron chi connectivity index (χ3n) is 4.79. The van der Waals surface area contributed by atoms with E-state index in [1.54, 1.807) is 54.5 Å². The van der Waals surface area contributed by atoms with Crippen LogP contribution in [0, 0.1) is 6.92 Å². The molecule has 7 nitrogen and oxygen atoms in total. The number of nitrogens with one attached hydrogen (secondary N) is 2. The average molecular weight is 493 g/mol. The van der Waals surface area contributed by atoms with E-state index in [0.717, 1.165) is 18.3 Å². The summed E-state index contributed by atoms with van der Waals surface area (Å²) in [6.07, 6.45) is 3.36. The lowest BCUT2D eigenvalue weighted by Crippen LogP contribution is -2.46. The van der Waals surface area contributed by atoms with E-state index in [4.69, 9.17) is 4.74 Å². The molecule has 3 rings (SSSR count). The zero-order chi connectivity index (χ0) is 25.5. The molecule has 3 aromatic rings. The number of methoxy groups -OCH3 is 1. The fourth-order valence-electron chi connectivity index (χ4n) is 3.14. The Hall–Kier alpha value is -3.11. The van der Waals surface area contributed by atoms with Gasteiger partial charge in [-0.25, -0.2) is 13.8 Å². The highest BCUT2D eigenvalue weighted by Gasteiger charge is 2.27. The molecule has 2 aromatic heterocycles. The SMILES string of the molecule is CC.COCC(NC(=O)c1ccn(C)c1)C(=O)Nc1nc(-c2ccc(C)c(C(C)(F)F)c2)cs1. The van der Waals surface area contributed by atoms with Crippen molar-refractivity contribution in [2.24, 2.45) is 7.05 Å². The van der Waals surface area contributed by atoms with E-state index in [1.807, 2.05) is 13.8 Å². The maximum absolute atomic E-state index is 13.9. The number of carbonyl (C=O) groups is 2. The van der Waals surface area contributed by atoms with Crippen LogP contribution in [0.15, 0.2) is 42.0 Å². The molecule has 0 fully saturated rings. The van der Waals surface area contributed by atoms with Crippen molar-refractivity contribution in [1.82, 2.24) is 14.9 Å². The number of carbonyl (C=O) groups excluding carboxylic acids is 2. The molecular weight excluding hydrogens is 462 g/mol. The molecule has 0 aliphatic rings. The molecule has 0 saturated carbocycles. The van der Waals surface area contributed by atoms with Gasteiger partial charge >= 0.3 is 0 Å². The molecule has 34 heavy (non-hydrogen) atoms. The van der Waals surface area contributed by atoms with Crippen molar-refractivity contribution in [2.75, 3.05) is 19.0 Å². The molecule has 0 saturated heterocycles. The van der Waals surface area contributed by atoms with Gasteiger partial charge in [0, 0.05) is 50.0 Å². The number of thiazole rings is 1. The molecule has 1 aromatic carbocycles. The van der Waals surface area contributed by atoms with E-state index in [1.165, 1.54) is 13.2 Å². The normalized spacial score (nSPS) is 11.9. The lowest BCUT2D eigenvalue weighted by molar-refractivity contribution is -0.119. The Bertz CT molecular complexity index is 1120. The van der Waals surface area contributed by atoms with Gasteiger partial charge in [-0.1, -0.05) is 26.0 Å². The van der Waals surface area contributed by atoms with E-state index < -0.39 is 23.8 Å². The van der Waals surface area contributed by atoms with Crippen molar-refractivity contribution < 1.29 is 23.1 Å². The molecular formula is C24H30F2N4O3S. The quantitative estimate of drug-likeness (QED) is 0.465. The minimum absolute atomic E-state index is 0.0322. The van der Waals surface area contributed by atoms with Crippen LogP contribution in [0.4, 0.5) is 13.9 Å². The van der Waals surface area contributed by atoms with Crippen molar-refractivity contribution >= 4 is 28.3 Å². The monoisotopic (exact) mass is 492 g/mol. The average Bonchev–Trinajstić information content (AvgIpc) is 3.43. The van der Waals surface area contributed by atoms with Gasteiger partial charge in [-0.2, -0.15) is 0 Å². The van der Waals surface area contributed by atoms with Crippen molar-refractivity contribution in [3.63, 3.8) is 0 Å². The van der Waals surface area contributed by atoms with E-state index in [2.05, 4.69) is 15.6 Å². The number of aryl methyl sites for hydroxylation is 2. The molecule has 0 bridgehead atoms. The van der Waals surface area contributed by atoms with Crippen LogP contribution in [0.25, 0.3) is 11.3 Å². The van der Waals surface area contributed by atoms with Gasteiger partial charge < -0.3 is 19.9 Å². The van der Waals surface area contributed by atoms with Crippen molar-refractivity contribution in [3.05, 3.63) is 58.7 Å². The summed E-state index contributed by atoms with van der Waals surface area (Å²) in [7, 11) is 3.21. The van der Waals surface area contributed by atoms with Crippen LogP contribution in [-0.2, 0) is 22.5 Å². The zero-order valence-electron chi connectivity index (χ0n) is 20.1. The van der Waals surface area contributed by atoms with Crippen LogP contribution < -0.4 is 10.6 Å². The minimum Gasteiger partial charge on any atom is -0.382 e. The summed E-state index contributed by atoms with van der Waals surface area (Å²) in [5.74, 6) is -3.88. The van der Waals surface area contributed by atoms with Crippen LogP contribution in [0.2, 0.25) is 0 Å². The largest absolute Gasteiger partial charge is 0.382 e. The number of hydrogen-bond donors (Lipinski definition) is 2. The topological polar surface area (TPSA) is 85.2 Å². The fraction of sp³-hybridized carbons (Fsp3) is 0.375. The number of ether oxygens (including phenoxy) is 1. The van der Waals surface area contributed by atoms with Gasteiger partial charge in [0.15, 0.2) is 5.13 Å². The first-order valence-electron chi connectivity index (χ1n) is 10.8. The second-order valence-corrected chi connectivity index (χ2v) is 8.35. The Labute approximate surface area is 202 Å². The Morgan fingerprint density at radius 3 is 2.56 bits per heavy atom. The third-order valence-corrected chi connectivity index (χ3v) is 5.55. The lowest BCUT2D eigenvalue weighted by atomic mass is 9.99. The molecule has 2 amide bonds. The Morgan fingerprint density at radius 1 is 1.26 bits per heavy atom. The Balaban J connectivity index is 0.00000199. The van der Waals surface area contributed by atoms with Gasteiger partial charge in [0.25, 0.3) is 17.7 Å². The molecule has 0 spiro atoms. The maximum atomic E-state index is 13.9. The first-order chi connectivity index (χ1) is 16.1. The highest BCUT2D eigenvalue weighted by molar-refractivity contribution is 7.14. The summed E-state index contributed by atoms with van der Waals surface area (Å²) < 4.78 is 34.5. The summed E-state index contributed by atoms with van der Waals surface area (Å²) in [6, 6.07) is 5.43. The fourth-order valence-corrected chi connectivity index (χ4v) is 3.86. The number of benzene rings is 1. The number of rotatable bonds is 8. The van der Waals surface area contributed by atoms with Crippen LogP contribution in [0.1, 0.15) is 42.3 Å². The zero-order valence-corrected chi connectivity index (χ0v) is 20.9. The molecule has 1 unspecified atom stereocenters. The molecule has 0 aliphatic carbocycles. The smallest absolute Gasteiger partial charge is 0.270 e. The van der Waals surface area contributed by atoms with E-state index in [9.17, 15) is 18.4 Å². The number of anilines is 1. The molecule has 0 radical (unpaired) electrons. The number of hydrogen-bond acceptors (Lipinski definition) is 5. The number of amides is 2. The van der Waals surface area contributed by atoms with Gasteiger partial charge in [0.2, 0.25) is 0 Å². The maximum Gasteiger partial charge on any atom is 0.270 e. The van der Waals surface area contributed by atoms with Crippen molar-refractivity contribution in [2.45, 2.75) is 39.7 Å². The molecule has 2 N–H and O–H groups in total. The Morgan fingerprint density at radius 2 is 1.97 bits per heavy atom. The van der Waals surface area contributed by atoms with Crippen molar-refractivity contribution in [1.29, 1.82) is 0 Å². The second kappa shape index (κ2) is 11.8. The minimum atomic E-state index is -2.97. The van der Waals surface area contributed by atoms with E-state index in [-0.39, 0.29) is 17.3 Å². The van der Waals surface area contributed by atoms with Gasteiger partial charge in [-0.05, 0) is 24.6 Å². The summed E-state index contributed by atoms with van der Waals surface area (Å²) in [5.41, 5.74) is 1.82. The summed E-state index contributed by atoms with van der Waals surface area (Å²) in [4.78, 5) is 29.4.